The third-order valence-electron chi connectivity index (χ3n) is 3.68. The third-order valence-corrected chi connectivity index (χ3v) is 3.68. The van der Waals surface area contributed by atoms with Gasteiger partial charge in [0, 0.05) is 7.05 Å². The average molecular weight is 335 g/mol. The number of aryl methyl sites for hydroxylation is 1. The highest BCUT2D eigenvalue weighted by molar-refractivity contribution is 6.05. The summed E-state index contributed by atoms with van der Waals surface area (Å²) in [7, 11) is 1.74. The molecule has 3 rings (SSSR count). The lowest BCUT2D eigenvalue weighted by Gasteiger charge is -2.16. The molecule has 0 saturated heterocycles. The van der Waals surface area contributed by atoms with Gasteiger partial charge >= 0.3 is 0 Å². The SMILES string of the molecule is Cn1cncc1C(CO)NC(=O)c1cccc2[nH]c(C(F)F)nc12. The van der Waals surface area contributed by atoms with Crippen molar-refractivity contribution in [2.45, 2.75) is 12.5 Å². The fourth-order valence-electron chi connectivity index (χ4n) is 2.49. The molecule has 0 radical (unpaired) electrons. The van der Waals surface area contributed by atoms with Crippen LogP contribution >= 0.6 is 0 Å². The van der Waals surface area contributed by atoms with Gasteiger partial charge in [-0.05, 0) is 12.1 Å². The van der Waals surface area contributed by atoms with E-state index in [0.29, 0.717) is 11.2 Å². The van der Waals surface area contributed by atoms with Gasteiger partial charge in [0.1, 0.15) is 5.52 Å². The van der Waals surface area contributed by atoms with E-state index in [1.165, 1.54) is 12.3 Å². The van der Waals surface area contributed by atoms with Gasteiger partial charge in [-0.3, -0.25) is 4.79 Å². The number of fused-ring (bicyclic) bond motifs is 1. The molecule has 0 aliphatic carbocycles. The molecule has 0 bridgehead atoms. The van der Waals surface area contributed by atoms with Crippen molar-refractivity contribution in [2.75, 3.05) is 6.61 Å². The number of carbonyl (C=O) groups excluding carboxylic acids is 1. The molecule has 0 aliphatic heterocycles. The standard InChI is InChI=1S/C15H15F2N5O2/c1-22-7-18-5-11(22)10(6-23)20-15(24)8-3-2-4-9-12(8)21-14(19-9)13(16)17/h2-5,7,10,13,23H,6H2,1H3,(H,19,21)(H,20,24). The van der Waals surface area contributed by atoms with Crippen molar-refractivity contribution in [3.63, 3.8) is 0 Å². The Kier molecular flexibility index (Phi) is 4.26. The zero-order valence-electron chi connectivity index (χ0n) is 12.7. The molecule has 1 aromatic carbocycles. The summed E-state index contributed by atoms with van der Waals surface area (Å²) in [5, 5.41) is 12.2. The number of nitrogens with one attached hydrogen (secondary N) is 2. The van der Waals surface area contributed by atoms with Crippen molar-refractivity contribution in [1.29, 1.82) is 0 Å². The van der Waals surface area contributed by atoms with E-state index in [1.807, 2.05) is 0 Å². The minimum atomic E-state index is -2.76. The molecule has 24 heavy (non-hydrogen) atoms. The van der Waals surface area contributed by atoms with Crippen LogP contribution in [0.15, 0.2) is 30.7 Å². The Hall–Kier alpha value is -2.81. The van der Waals surface area contributed by atoms with Gasteiger partial charge in [-0.15, -0.1) is 0 Å². The third kappa shape index (κ3) is 2.85. The quantitative estimate of drug-likeness (QED) is 0.661. The van der Waals surface area contributed by atoms with Crippen LogP contribution in [0.3, 0.4) is 0 Å². The first-order chi connectivity index (χ1) is 11.5. The first kappa shape index (κ1) is 16.1. The lowest BCUT2D eigenvalue weighted by molar-refractivity contribution is 0.0915. The summed E-state index contributed by atoms with van der Waals surface area (Å²) in [4.78, 5) is 22.8. The summed E-state index contributed by atoms with van der Waals surface area (Å²) in [6.45, 7) is -0.329. The Morgan fingerprint density at radius 1 is 1.46 bits per heavy atom. The zero-order chi connectivity index (χ0) is 17.3. The summed E-state index contributed by atoms with van der Waals surface area (Å²) < 4.78 is 27.3. The number of aliphatic hydroxyl groups excluding tert-OH is 1. The maximum absolute atomic E-state index is 12.8. The van der Waals surface area contributed by atoms with E-state index in [1.54, 1.807) is 30.1 Å². The van der Waals surface area contributed by atoms with Crippen LogP contribution in [0.25, 0.3) is 11.0 Å². The number of aliphatic hydroxyl groups is 1. The van der Waals surface area contributed by atoms with Crippen LogP contribution in [0.5, 0.6) is 0 Å². The van der Waals surface area contributed by atoms with Crippen molar-refractivity contribution < 1.29 is 18.7 Å². The number of rotatable bonds is 5. The predicted molar refractivity (Wildman–Crippen MR) is 81.6 cm³/mol. The monoisotopic (exact) mass is 335 g/mol. The van der Waals surface area contributed by atoms with E-state index in [2.05, 4.69) is 20.3 Å². The first-order valence-corrected chi connectivity index (χ1v) is 7.16. The topological polar surface area (TPSA) is 95.8 Å². The number of halogens is 2. The molecule has 126 valence electrons. The van der Waals surface area contributed by atoms with E-state index in [0.717, 1.165) is 0 Å². The molecule has 0 aliphatic rings. The summed E-state index contributed by atoms with van der Waals surface area (Å²) in [6.07, 6.45) is 0.326. The molecule has 1 atom stereocenters. The van der Waals surface area contributed by atoms with Gasteiger partial charge in [0.05, 0.1) is 41.9 Å². The number of aromatic amines is 1. The van der Waals surface area contributed by atoms with Crippen LogP contribution in [0, 0.1) is 0 Å². The molecule has 1 unspecified atom stereocenters. The van der Waals surface area contributed by atoms with Crippen LogP contribution in [-0.2, 0) is 7.05 Å². The smallest absolute Gasteiger partial charge is 0.295 e. The van der Waals surface area contributed by atoms with Crippen molar-refractivity contribution in [2.24, 2.45) is 7.05 Å². The molecule has 0 saturated carbocycles. The molecule has 2 aromatic heterocycles. The van der Waals surface area contributed by atoms with Gasteiger partial charge in [-0.1, -0.05) is 6.07 Å². The summed E-state index contributed by atoms with van der Waals surface area (Å²) in [5.74, 6) is -1.01. The minimum Gasteiger partial charge on any atom is -0.394 e. The normalized spacial score (nSPS) is 12.7. The predicted octanol–water partition coefficient (Wildman–Crippen LogP) is 1.70. The van der Waals surface area contributed by atoms with Crippen LogP contribution in [-0.4, -0.2) is 37.1 Å². The summed E-state index contributed by atoms with van der Waals surface area (Å²) in [5.41, 5.74) is 1.27. The number of aromatic nitrogens is 4. The molecule has 3 aromatic rings. The van der Waals surface area contributed by atoms with Crippen LogP contribution in [0.1, 0.15) is 34.3 Å². The number of para-hydroxylation sites is 1. The van der Waals surface area contributed by atoms with Crippen LogP contribution < -0.4 is 5.32 Å². The highest BCUT2D eigenvalue weighted by Gasteiger charge is 2.21. The number of benzene rings is 1. The number of carbonyl (C=O) groups is 1. The van der Waals surface area contributed by atoms with Crippen molar-refractivity contribution >= 4 is 16.9 Å². The van der Waals surface area contributed by atoms with E-state index >= 15 is 0 Å². The number of amides is 1. The molecule has 2 heterocycles. The maximum Gasteiger partial charge on any atom is 0.295 e. The van der Waals surface area contributed by atoms with Crippen molar-refractivity contribution in [3.05, 3.63) is 47.8 Å². The molecule has 7 nitrogen and oxygen atoms in total. The van der Waals surface area contributed by atoms with Crippen molar-refractivity contribution in [1.82, 2.24) is 24.8 Å². The first-order valence-electron chi connectivity index (χ1n) is 7.16. The Morgan fingerprint density at radius 2 is 2.25 bits per heavy atom. The minimum absolute atomic E-state index is 0.149. The number of nitrogens with zero attached hydrogens (tertiary/aromatic N) is 3. The number of alkyl halides is 2. The second-order valence-electron chi connectivity index (χ2n) is 5.26. The lowest BCUT2D eigenvalue weighted by atomic mass is 10.1. The van der Waals surface area contributed by atoms with Gasteiger partial charge in [-0.25, -0.2) is 18.7 Å². The maximum atomic E-state index is 12.8. The number of H-pyrrole nitrogens is 1. The molecule has 1 amide bonds. The largest absolute Gasteiger partial charge is 0.394 e. The van der Waals surface area contributed by atoms with Gasteiger partial charge in [0.15, 0.2) is 5.82 Å². The van der Waals surface area contributed by atoms with E-state index in [9.17, 15) is 18.7 Å². The summed E-state index contributed by atoms with van der Waals surface area (Å²) >= 11 is 0. The second kappa shape index (κ2) is 6.36. The van der Waals surface area contributed by atoms with Crippen LogP contribution in [0.2, 0.25) is 0 Å². The van der Waals surface area contributed by atoms with Gasteiger partial charge in [0.2, 0.25) is 0 Å². The average Bonchev–Trinajstić information content (AvgIpc) is 3.18. The molecule has 0 spiro atoms. The Morgan fingerprint density at radius 3 is 2.88 bits per heavy atom. The van der Waals surface area contributed by atoms with E-state index in [4.69, 9.17) is 0 Å². The highest BCUT2D eigenvalue weighted by Crippen LogP contribution is 2.23. The molecular weight excluding hydrogens is 320 g/mol. The molecule has 0 fully saturated rings. The molecule has 9 heteroatoms. The fourth-order valence-corrected chi connectivity index (χ4v) is 2.49. The Bertz CT molecular complexity index is 874. The Labute approximate surface area is 135 Å². The zero-order valence-corrected chi connectivity index (χ0v) is 12.7. The molecular formula is C15H15F2N5O2. The van der Waals surface area contributed by atoms with Gasteiger partial charge < -0.3 is 20.0 Å². The van der Waals surface area contributed by atoms with Gasteiger partial charge in [-0.2, -0.15) is 0 Å². The number of imidazole rings is 2. The van der Waals surface area contributed by atoms with Crippen LogP contribution in [0.4, 0.5) is 8.78 Å². The van der Waals surface area contributed by atoms with E-state index in [-0.39, 0.29) is 17.7 Å². The van der Waals surface area contributed by atoms with E-state index < -0.39 is 24.2 Å². The molecule has 3 N–H and O–H groups in total. The number of hydrogen-bond acceptors (Lipinski definition) is 4. The van der Waals surface area contributed by atoms with Crippen molar-refractivity contribution in [3.8, 4) is 0 Å². The Balaban J connectivity index is 1.92. The number of hydrogen-bond donors (Lipinski definition) is 3. The van der Waals surface area contributed by atoms with Gasteiger partial charge in [0.25, 0.3) is 12.3 Å². The second-order valence-corrected chi connectivity index (χ2v) is 5.26. The fraction of sp³-hybridized carbons (Fsp3) is 0.267. The summed E-state index contributed by atoms with van der Waals surface area (Å²) in [6, 6.07) is 3.96. The lowest BCUT2D eigenvalue weighted by Crippen LogP contribution is -2.32. The highest BCUT2D eigenvalue weighted by atomic mass is 19.3.